The number of rotatable bonds is 5. The molecule has 2 rings (SSSR count). The van der Waals surface area contributed by atoms with Crippen LogP contribution in [0, 0.1) is 11.8 Å². The average molecular weight is 373 g/mol. The Morgan fingerprint density at radius 2 is 2.04 bits per heavy atom. The highest BCUT2D eigenvalue weighted by atomic mass is 35.5. The maximum atomic E-state index is 12.6. The van der Waals surface area contributed by atoms with E-state index in [9.17, 15) is 27.6 Å². The van der Waals surface area contributed by atoms with E-state index in [0.717, 1.165) is 0 Å². The third-order valence-corrected chi connectivity index (χ3v) is 4.25. The summed E-state index contributed by atoms with van der Waals surface area (Å²) in [7, 11) is 0. The molecule has 11 heteroatoms. The van der Waals surface area contributed by atoms with Crippen LogP contribution in [0.15, 0.2) is 0 Å². The predicted molar refractivity (Wildman–Crippen MR) is 80.1 cm³/mol. The van der Waals surface area contributed by atoms with E-state index in [4.69, 9.17) is 5.73 Å². The van der Waals surface area contributed by atoms with Gasteiger partial charge in [0, 0.05) is 19.0 Å². The second kappa shape index (κ2) is 8.02. The van der Waals surface area contributed by atoms with Crippen LogP contribution in [0.2, 0.25) is 0 Å². The van der Waals surface area contributed by atoms with Crippen LogP contribution in [-0.2, 0) is 14.4 Å². The first-order valence-electron chi connectivity index (χ1n) is 7.36. The van der Waals surface area contributed by atoms with Crippen LogP contribution in [0.5, 0.6) is 0 Å². The quantitative estimate of drug-likeness (QED) is 0.518. The lowest BCUT2D eigenvalue weighted by Crippen LogP contribution is -2.51. The molecule has 0 aliphatic carbocycles. The minimum absolute atomic E-state index is 0. The summed E-state index contributed by atoms with van der Waals surface area (Å²) in [5, 5.41) is 7.45. The molecule has 2 aliphatic heterocycles. The summed E-state index contributed by atoms with van der Waals surface area (Å²) >= 11 is 0. The molecule has 24 heavy (non-hydrogen) atoms. The number of carbonyl (C=O) groups is 3. The smallest absolute Gasteiger partial charge is 0.368 e. The van der Waals surface area contributed by atoms with Gasteiger partial charge in [0.05, 0.1) is 12.0 Å². The number of halogens is 4. The minimum Gasteiger partial charge on any atom is -0.368 e. The van der Waals surface area contributed by atoms with Crippen molar-refractivity contribution in [3.05, 3.63) is 0 Å². The van der Waals surface area contributed by atoms with E-state index in [-0.39, 0.29) is 37.7 Å². The molecule has 0 spiro atoms. The monoisotopic (exact) mass is 372 g/mol. The third-order valence-electron chi connectivity index (χ3n) is 4.25. The molecule has 0 saturated carbocycles. The fourth-order valence-corrected chi connectivity index (χ4v) is 2.86. The van der Waals surface area contributed by atoms with E-state index in [1.54, 1.807) is 0 Å². The number of hydrogen-bond donors (Lipinski definition) is 4. The first-order valence-corrected chi connectivity index (χ1v) is 7.36. The Bertz CT molecular complexity index is 503. The van der Waals surface area contributed by atoms with Crippen molar-refractivity contribution in [3.8, 4) is 0 Å². The van der Waals surface area contributed by atoms with Crippen LogP contribution < -0.4 is 21.7 Å². The number of alkyl halides is 3. The SMILES string of the molecule is Cl.NC(=O)[C@H](C[C@@H]1CCNC1=O)NC(=O)[C@@H]1C[C@@H](C(F)(F)F)CN1. The lowest BCUT2D eigenvalue weighted by atomic mass is 9.97. The summed E-state index contributed by atoms with van der Waals surface area (Å²) in [6.45, 7) is 0.147. The van der Waals surface area contributed by atoms with Gasteiger partial charge in [0.15, 0.2) is 0 Å². The van der Waals surface area contributed by atoms with Crippen LogP contribution in [0.1, 0.15) is 19.3 Å². The van der Waals surface area contributed by atoms with Crippen molar-refractivity contribution < 1.29 is 27.6 Å². The van der Waals surface area contributed by atoms with Crippen LogP contribution in [0.4, 0.5) is 13.2 Å². The van der Waals surface area contributed by atoms with E-state index in [2.05, 4.69) is 16.0 Å². The molecular weight excluding hydrogens is 353 g/mol. The van der Waals surface area contributed by atoms with Crippen molar-refractivity contribution in [1.29, 1.82) is 0 Å². The summed E-state index contributed by atoms with van der Waals surface area (Å²) < 4.78 is 37.8. The standard InChI is InChI=1S/C13H19F3N4O3.ClH/c14-13(15,16)7-4-9(19-5-7)12(23)20-8(10(17)21)3-6-1-2-18-11(6)22;/h6-9,19H,1-5H2,(H2,17,21)(H,18,22)(H,20,23);1H/t6-,7+,8-,9-;/m0./s1. The van der Waals surface area contributed by atoms with Crippen LogP contribution >= 0.6 is 12.4 Å². The molecule has 3 amide bonds. The number of amides is 3. The van der Waals surface area contributed by atoms with Gasteiger partial charge in [0.25, 0.3) is 0 Å². The van der Waals surface area contributed by atoms with Crippen LogP contribution in [0.25, 0.3) is 0 Å². The Morgan fingerprint density at radius 3 is 2.50 bits per heavy atom. The first-order chi connectivity index (χ1) is 10.7. The van der Waals surface area contributed by atoms with Crippen LogP contribution in [-0.4, -0.2) is 49.1 Å². The lowest BCUT2D eigenvalue weighted by Gasteiger charge is -2.20. The van der Waals surface area contributed by atoms with E-state index in [0.29, 0.717) is 13.0 Å². The van der Waals surface area contributed by atoms with E-state index >= 15 is 0 Å². The molecule has 0 aromatic rings. The molecule has 0 aromatic heterocycles. The van der Waals surface area contributed by atoms with Gasteiger partial charge in [-0.05, 0) is 19.3 Å². The zero-order valence-corrected chi connectivity index (χ0v) is 13.5. The highest BCUT2D eigenvalue weighted by Gasteiger charge is 2.46. The minimum atomic E-state index is -4.37. The molecular formula is C13H20ClF3N4O3. The Hall–Kier alpha value is -1.55. The maximum Gasteiger partial charge on any atom is 0.393 e. The Kier molecular flexibility index (Phi) is 6.85. The van der Waals surface area contributed by atoms with Gasteiger partial charge in [-0.1, -0.05) is 0 Å². The average Bonchev–Trinajstić information content (AvgIpc) is 3.07. The Morgan fingerprint density at radius 1 is 1.38 bits per heavy atom. The number of primary amides is 1. The highest BCUT2D eigenvalue weighted by Crippen LogP contribution is 2.32. The van der Waals surface area contributed by atoms with Gasteiger partial charge in [-0.2, -0.15) is 13.2 Å². The van der Waals surface area contributed by atoms with Crippen LogP contribution in [0.3, 0.4) is 0 Å². The number of nitrogens with two attached hydrogens (primary N) is 1. The fraction of sp³-hybridized carbons (Fsp3) is 0.769. The molecule has 5 N–H and O–H groups in total. The molecule has 2 heterocycles. The van der Waals surface area contributed by atoms with Crippen molar-refractivity contribution in [2.45, 2.75) is 37.5 Å². The summed E-state index contributed by atoms with van der Waals surface area (Å²) in [6, 6.07) is -2.11. The topological polar surface area (TPSA) is 113 Å². The zero-order chi connectivity index (χ0) is 17.2. The number of carbonyl (C=O) groups excluding carboxylic acids is 3. The molecule has 4 atom stereocenters. The lowest BCUT2D eigenvalue weighted by molar-refractivity contribution is -0.169. The van der Waals surface area contributed by atoms with Crippen molar-refractivity contribution in [2.24, 2.45) is 17.6 Å². The van der Waals surface area contributed by atoms with E-state index in [1.165, 1.54) is 0 Å². The Balaban J connectivity index is 0.00000288. The van der Waals surface area contributed by atoms with Gasteiger partial charge in [-0.25, -0.2) is 0 Å². The predicted octanol–water partition coefficient (Wildman–Crippen LogP) is -0.555. The van der Waals surface area contributed by atoms with E-state index < -0.39 is 41.9 Å². The van der Waals surface area contributed by atoms with Gasteiger partial charge in [0.1, 0.15) is 6.04 Å². The van der Waals surface area contributed by atoms with Crippen molar-refractivity contribution >= 4 is 30.1 Å². The van der Waals surface area contributed by atoms with E-state index in [1.807, 2.05) is 0 Å². The normalized spacial score (nSPS) is 28.0. The van der Waals surface area contributed by atoms with Crippen molar-refractivity contribution in [3.63, 3.8) is 0 Å². The molecule has 2 saturated heterocycles. The van der Waals surface area contributed by atoms with Gasteiger partial charge in [-0.3, -0.25) is 14.4 Å². The van der Waals surface area contributed by atoms with Gasteiger partial charge in [-0.15, -0.1) is 12.4 Å². The third kappa shape index (κ3) is 4.97. The number of hydrogen-bond acceptors (Lipinski definition) is 4. The summed E-state index contributed by atoms with van der Waals surface area (Å²) in [5.74, 6) is -3.78. The molecule has 2 fully saturated rings. The largest absolute Gasteiger partial charge is 0.393 e. The number of nitrogens with one attached hydrogen (secondary N) is 3. The molecule has 2 aliphatic rings. The second-order valence-corrected chi connectivity index (χ2v) is 5.91. The highest BCUT2D eigenvalue weighted by molar-refractivity contribution is 5.90. The van der Waals surface area contributed by atoms with Gasteiger partial charge in [0.2, 0.25) is 17.7 Å². The molecule has 0 unspecified atom stereocenters. The maximum absolute atomic E-state index is 12.6. The summed E-state index contributed by atoms with van der Waals surface area (Å²) in [5.41, 5.74) is 5.22. The molecule has 0 radical (unpaired) electrons. The molecule has 0 bridgehead atoms. The van der Waals surface area contributed by atoms with Crippen molar-refractivity contribution in [1.82, 2.24) is 16.0 Å². The van der Waals surface area contributed by atoms with Crippen molar-refractivity contribution in [2.75, 3.05) is 13.1 Å². The molecule has 7 nitrogen and oxygen atoms in total. The zero-order valence-electron chi connectivity index (χ0n) is 12.7. The Labute approximate surface area is 142 Å². The summed E-state index contributed by atoms with van der Waals surface area (Å²) in [4.78, 5) is 35.0. The fourth-order valence-electron chi connectivity index (χ4n) is 2.86. The molecule has 138 valence electrons. The first kappa shape index (κ1) is 20.5. The summed E-state index contributed by atoms with van der Waals surface area (Å²) in [6.07, 6.45) is -4.18. The molecule has 0 aromatic carbocycles. The second-order valence-electron chi connectivity index (χ2n) is 5.91. The van der Waals surface area contributed by atoms with Gasteiger partial charge >= 0.3 is 6.18 Å². The van der Waals surface area contributed by atoms with Gasteiger partial charge < -0.3 is 21.7 Å².